The molecule has 3 heterocycles. The molecular formula is C19H20ClN3O3. The Bertz CT molecular complexity index is 820. The number of halogens is 1. The van der Waals surface area contributed by atoms with Crippen LogP contribution in [0, 0.1) is 0 Å². The largest absolute Gasteiger partial charge is 0.487 e. The van der Waals surface area contributed by atoms with Crippen molar-refractivity contribution in [3.05, 3.63) is 46.7 Å². The standard InChI is InChI=1S/C19H20ClN3O3/c20-16-3-2-14(15-9-13(10-21)26-18(15)16)12-1-4-17(22-11-12)19(24)23-5-7-25-8-6-23/h1-4,11,13H,5-10,21H2. The smallest absolute Gasteiger partial charge is 0.272 e. The molecule has 1 aromatic heterocycles. The molecule has 26 heavy (non-hydrogen) atoms. The molecule has 4 rings (SSSR count). The Balaban J connectivity index is 1.60. The van der Waals surface area contributed by atoms with Gasteiger partial charge in [0.15, 0.2) is 0 Å². The van der Waals surface area contributed by atoms with Crippen LogP contribution in [-0.4, -0.2) is 54.7 Å². The molecule has 1 atom stereocenters. The number of amides is 1. The summed E-state index contributed by atoms with van der Waals surface area (Å²) in [6.07, 6.45) is 2.39. The molecule has 2 aromatic rings. The summed E-state index contributed by atoms with van der Waals surface area (Å²) < 4.78 is 11.1. The van der Waals surface area contributed by atoms with E-state index >= 15 is 0 Å². The van der Waals surface area contributed by atoms with Crippen LogP contribution >= 0.6 is 11.6 Å². The Morgan fingerprint density at radius 2 is 2.08 bits per heavy atom. The summed E-state index contributed by atoms with van der Waals surface area (Å²) in [5, 5.41) is 0.590. The second-order valence-corrected chi connectivity index (χ2v) is 6.83. The topological polar surface area (TPSA) is 77.7 Å². The maximum atomic E-state index is 12.5. The maximum Gasteiger partial charge on any atom is 0.272 e. The third kappa shape index (κ3) is 3.16. The van der Waals surface area contributed by atoms with E-state index in [0.29, 0.717) is 49.3 Å². The first-order chi connectivity index (χ1) is 12.7. The lowest BCUT2D eigenvalue weighted by atomic mass is 9.97. The molecule has 2 aliphatic heterocycles. The molecule has 6 nitrogen and oxygen atoms in total. The molecular weight excluding hydrogens is 354 g/mol. The Labute approximate surface area is 156 Å². The van der Waals surface area contributed by atoms with E-state index in [-0.39, 0.29) is 12.0 Å². The van der Waals surface area contributed by atoms with Gasteiger partial charge >= 0.3 is 0 Å². The number of carbonyl (C=O) groups is 1. The highest BCUT2D eigenvalue weighted by atomic mass is 35.5. The predicted molar refractivity (Wildman–Crippen MR) is 98.6 cm³/mol. The van der Waals surface area contributed by atoms with Gasteiger partial charge < -0.3 is 20.1 Å². The fourth-order valence-corrected chi connectivity index (χ4v) is 3.60. The van der Waals surface area contributed by atoms with Gasteiger partial charge in [-0.2, -0.15) is 0 Å². The van der Waals surface area contributed by atoms with Crippen molar-refractivity contribution in [2.45, 2.75) is 12.5 Å². The maximum absolute atomic E-state index is 12.5. The Hall–Kier alpha value is -2.15. The van der Waals surface area contributed by atoms with Gasteiger partial charge in [-0.05, 0) is 17.7 Å². The zero-order chi connectivity index (χ0) is 18.1. The van der Waals surface area contributed by atoms with E-state index in [9.17, 15) is 4.79 Å². The molecule has 0 aliphatic carbocycles. The quantitative estimate of drug-likeness (QED) is 0.891. The number of fused-ring (bicyclic) bond motifs is 1. The van der Waals surface area contributed by atoms with E-state index in [1.807, 2.05) is 18.2 Å². The van der Waals surface area contributed by atoms with Gasteiger partial charge in [0.05, 0.1) is 18.2 Å². The van der Waals surface area contributed by atoms with E-state index in [4.69, 9.17) is 26.8 Å². The van der Waals surface area contributed by atoms with E-state index in [2.05, 4.69) is 4.98 Å². The molecule has 2 aliphatic rings. The highest BCUT2D eigenvalue weighted by Crippen LogP contribution is 2.41. The molecule has 1 unspecified atom stereocenters. The Kier molecular flexibility index (Phi) is 4.80. The van der Waals surface area contributed by atoms with Crippen molar-refractivity contribution >= 4 is 17.5 Å². The highest BCUT2D eigenvalue weighted by molar-refractivity contribution is 6.32. The van der Waals surface area contributed by atoms with E-state index in [0.717, 1.165) is 23.1 Å². The summed E-state index contributed by atoms with van der Waals surface area (Å²) in [5.41, 5.74) is 9.17. The monoisotopic (exact) mass is 373 g/mol. The van der Waals surface area contributed by atoms with Crippen LogP contribution in [0.25, 0.3) is 11.1 Å². The molecule has 0 radical (unpaired) electrons. The number of nitrogens with zero attached hydrogens (tertiary/aromatic N) is 2. The van der Waals surface area contributed by atoms with Gasteiger partial charge in [-0.25, -0.2) is 0 Å². The first-order valence-electron chi connectivity index (χ1n) is 8.69. The molecule has 0 saturated carbocycles. The minimum Gasteiger partial charge on any atom is -0.487 e. The lowest BCUT2D eigenvalue weighted by Gasteiger charge is -2.26. The fourth-order valence-electron chi connectivity index (χ4n) is 3.38. The van der Waals surface area contributed by atoms with Crippen molar-refractivity contribution in [3.8, 4) is 16.9 Å². The number of benzene rings is 1. The zero-order valence-electron chi connectivity index (χ0n) is 14.3. The van der Waals surface area contributed by atoms with Crippen LogP contribution in [0.1, 0.15) is 16.1 Å². The molecule has 0 bridgehead atoms. The molecule has 1 fully saturated rings. The van der Waals surface area contributed by atoms with Gasteiger partial charge in [0.1, 0.15) is 17.5 Å². The second kappa shape index (κ2) is 7.23. The van der Waals surface area contributed by atoms with Crippen LogP contribution in [0.2, 0.25) is 5.02 Å². The van der Waals surface area contributed by atoms with E-state index in [1.54, 1.807) is 17.2 Å². The third-order valence-corrected chi connectivity index (χ3v) is 5.08. The molecule has 1 aromatic carbocycles. The highest BCUT2D eigenvalue weighted by Gasteiger charge is 2.27. The summed E-state index contributed by atoms with van der Waals surface area (Å²) in [5.74, 6) is 0.640. The molecule has 0 spiro atoms. The minimum absolute atomic E-state index is 0.0567. The lowest BCUT2D eigenvalue weighted by Crippen LogP contribution is -2.41. The normalized spacial score (nSPS) is 19.2. The fraction of sp³-hybridized carbons (Fsp3) is 0.368. The summed E-state index contributed by atoms with van der Waals surface area (Å²) in [6, 6.07) is 7.47. The van der Waals surface area contributed by atoms with Crippen LogP contribution < -0.4 is 10.5 Å². The lowest BCUT2D eigenvalue weighted by molar-refractivity contribution is 0.0299. The van der Waals surface area contributed by atoms with E-state index in [1.165, 1.54) is 0 Å². The van der Waals surface area contributed by atoms with Crippen molar-refractivity contribution in [3.63, 3.8) is 0 Å². The van der Waals surface area contributed by atoms with Gasteiger partial charge in [0.25, 0.3) is 5.91 Å². The van der Waals surface area contributed by atoms with Crippen molar-refractivity contribution in [2.75, 3.05) is 32.8 Å². The molecule has 1 amide bonds. The molecule has 2 N–H and O–H groups in total. The number of pyridine rings is 1. The van der Waals surface area contributed by atoms with Gasteiger partial charge in [-0.15, -0.1) is 0 Å². The minimum atomic E-state index is -0.0623. The second-order valence-electron chi connectivity index (χ2n) is 6.42. The summed E-state index contributed by atoms with van der Waals surface area (Å²) in [7, 11) is 0. The first-order valence-corrected chi connectivity index (χ1v) is 9.06. The van der Waals surface area contributed by atoms with Crippen LogP contribution in [0.15, 0.2) is 30.5 Å². The van der Waals surface area contributed by atoms with E-state index < -0.39 is 0 Å². The molecule has 136 valence electrons. The average molecular weight is 374 g/mol. The van der Waals surface area contributed by atoms with Gasteiger partial charge in [0, 0.05) is 43.4 Å². The first kappa shape index (κ1) is 17.3. The van der Waals surface area contributed by atoms with Crippen LogP contribution in [0.4, 0.5) is 0 Å². The van der Waals surface area contributed by atoms with Crippen molar-refractivity contribution in [2.24, 2.45) is 5.73 Å². The number of rotatable bonds is 3. The number of hydrogen-bond acceptors (Lipinski definition) is 5. The number of aromatic nitrogens is 1. The Morgan fingerprint density at radius 3 is 2.77 bits per heavy atom. The summed E-state index contributed by atoms with van der Waals surface area (Å²) in [4.78, 5) is 18.7. The van der Waals surface area contributed by atoms with Crippen molar-refractivity contribution < 1.29 is 14.3 Å². The Morgan fingerprint density at radius 1 is 1.27 bits per heavy atom. The summed E-state index contributed by atoms with van der Waals surface area (Å²) >= 11 is 6.26. The third-order valence-electron chi connectivity index (χ3n) is 4.78. The van der Waals surface area contributed by atoms with Gasteiger partial charge in [-0.1, -0.05) is 23.7 Å². The number of morpholine rings is 1. The van der Waals surface area contributed by atoms with Crippen LogP contribution in [0.3, 0.4) is 0 Å². The zero-order valence-corrected chi connectivity index (χ0v) is 15.0. The average Bonchev–Trinajstić information content (AvgIpc) is 3.14. The van der Waals surface area contributed by atoms with Crippen molar-refractivity contribution in [1.82, 2.24) is 9.88 Å². The van der Waals surface area contributed by atoms with Crippen LogP contribution in [0.5, 0.6) is 5.75 Å². The predicted octanol–water partition coefficient (Wildman–Crippen LogP) is 2.14. The molecule has 1 saturated heterocycles. The summed E-state index contributed by atoms with van der Waals surface area (Å²) in [6.45, 7) is 2.79. The van der Waals surface area contributed by atoms with Gasteiger partial charge in [-0.3, -0.25) is 9.78 Å². The number of carbonyl (C=O) groups excluding carboxylic acids is 1. The number of hydrogen-bond donors (Lipinski definition) is 1. The molecule has 7 heteroatoms. The van der Waals surface area contributed by atoms with Crippen LogP contribution in [-0.2, 0) is 11.2 Å². The van der Waals surface area contributed by atoms with Crippen molar-refractivity contribution in [1.29, 1.82) is 0 Å². The SMILES string of the molecule is NCC1Cc2c(-c3ccc(C(=O)N4CCOCC4)nc3)ccc(Cl)c2O1. The number of nitrogens with two attached hydrogens (primary N) is 1. The van der Waals surface area contributed by atoms with Gasteiger partial charge in [0.2, 0.25) is 0 Å². The number of ether oxygens (including phenoxy) is 2.